The van der Waals surface area contributed by atoms with E-state index in [9.17, 15) is 0 Å². The quantitative estimate of drug-likeness (QED) is 0.681. The van der Waals surface area contributed by atoms with Crippen molar-refractivity contribution in [2.45, 2.75) is 6.42 Å². The van der Waals surface area contributed by atoms with Gasteiger partial charge in [-0.15, -0.1) is 0 Å². The third-order valence-corrected chi connectivity index (χ3v) is 3.30. The Morgan fingerprint density at radius 1 is 0.905 bits per heavy atom. The molecule has 0 heterocycles. The Balaban J connectivity index is 1.73. The predicted octanol–water partition coefficient (Wildman–Crippen LogP) is 4.85. The van der Waals surface area contributed by atoms with Crippen LogP contribution in [0.25, 0.3) is 0 Å². The lowest BCUT2D eigenvalue weighted by molar-refractivity contribution is 0.247. The van der Waals surface area contributed by atoms with Crippen LogP contribution in [0.4, 0.5) is 0 Å². The van der Waals surface area contributed by atoms with Gasteiger partial charge in [-0.25, -0.2) is 0 Å². The van der Waals surface area contributed by atoms with Gasteiger partial charge >= 0.3 is 0 Å². The molecular formula is C16H16Cl2O3. The van der Waals surface area contributed by atoms with Crippen molar-refractivity contribution in [2.24, 2.45) is 0 Å². The molecule has 0 aromatic heterocycles. The summed E-state index contributed by atoms with van der Waals surface area (Å²) < 4.78 is 16.3. The minimum absolute atomic E-state index is 0.504. The highest BCUT2D eigenvalue weighted by Crippen LogP contribution is 2.27. The summed E-state index contributed by atoms with van der Waals surface area (Å²) in [6, 6.07) is 12.6. The first-order valence-corrected chi connectivity index (χ1v) is 7.29. The number of hydrogen-bond donors (Lipinski definition) is 0. The summed E-state index contributed by atoms with van der Waals surface area (Å²) in [5, 5.41) is 1.15. The standard InChI is InChI=1S/C16H16Cl2O3/c1-19-13-4-2-5-14(11-13)20-8-3-9-21-16-10-12(17)6-7-15(16)18/h2,4-7,10-11H,3,8-9H2,1H3. The smallest absolute Gasteiger partial charge is 0.139 e. The number of methoxy groups -OCH3 is 1. The lowest BCUT2D eigenvalue weighted by Gasteiger charge is -2.10. The summed E-state index contributed by atoms with van der Waals surface area (Å²) in [5.41, 5.74) is 0. The maximum Gasteiger partial charge on any atom is 0.139 e. The molecule has 0 radical (unpaired) electrons. The van der Waals surface area contributed by atoms with E-state index in [1.54, 1.807) is 25.3 Å². The van der Waals surface area contributed by atoms with Gasteiger partial charge in [0.2, 0.25) is 0 Å². The van der Waals surface area contributed by atoms with Crippen LogP contribution in [0, 0.1) is 0 Å². The molecule has 2 aromatic carbocycles. The fourth-order valence-corrected chi connectivity index (χ4v) is 2.04. The highest BCUT2D eigenvalue weighted by Gasteiger charge is 2.02. The molecule has 0 fully saturated rings. The van der Waals surface area contributed by atoms with Crippen LogP contribution >= 0.6 is 23.2 Å². The third kappa shape index (κ3) is 5.03. The highest BCUT2D eigenvalue weighted by molar-refractivity contribution is 6.34. The topological polar surface area (TPSA) is 27.7 Å². The van der Waals surface area contributed by atoms with E-state index in [1.807, 2.05) is 24.3 Å². The summed E-state index contributed by atoms with van der Waals surface area (Å²) in [5.74, 6) is 2.13. The van der Waals surface area contributed by atoms with E-state index in [4.69, 9.17) is 37.4 Å². The van der Waals surface area contributed by atoms with Crippen molar-refractivity contribution in [3.8, 4) is 17.2 Å². The molecule has 0 spiro atoms. The molecule has 0 saturated carbocycles. The molecular weight excluding hydrogens is 311 g/mol. The Kier molecular flexibility index (Phi) is 6.03. The highest BCUT2D eigenvalue weighted by atomic mass is 35.5. The summed E-state index contributed by atoms with van der Waals surface area (Å²) in [6.45, 7) is 1.05. The molecule has 0 atom stereocenters. The lowest BCUT2D eigenvalue weighted by Crippen LogP contribution is -2.05. The first-order chi connectivity index (χ1) is 10.2. The normalized spacial score (nSPS) is 10.2. The van der Waals surface area contributed by atoms with Gasteiger partial charge in [-0.2, -0.15) is 0 Å². The first-order valence-electron chi connectivity index (χ1n) is 6.54. The van der Waals surface area contributed by atoms with Gasteiger partial charge in [-0.3, -0.25) is 0 Å². The molecule has 112 valence electrons. The van der Waals surface area contributed by atoms with Crippen molar-refractivity contribution in [3.05, 3.63) is 52.5 Å². The summed E-state index contributed by atoms with van der Waals surface area (Å²) in [6.07, 6.45) is 0.736. The van der Waals surface area contributed by atoms with E-state index >= 15 is 0 Å². The average Bonchev–Trinajstić information content (AvgIpc) is 2.50. The van der Waals surface area contributed by atoms with E-state index in [0.717, 1.165) is 17.9 Å². The summed E-state index contributed by atoms with van der Waals surface area (Å²) >= 11 is 11.9. The second-order valence-corrected chi connectivity index (χ2v) is 5.15. The summed E-state index contributed by atoms with van der Waals surface area (Å²) in [4.78, 5) is 0. The van der Waals surface area contributed by atoms with Crippen LogP contribution in [0.1, 0.15) is 6.42 Å². The van der Waals surface area contributed by atoms with Crippen LogP contribution in [-0.4, -0.2) is 20.3 Å². The Bertz CT molecular complexity index is 587. The van der Waals surface area contributed by atoms with Gasteiger partial charge in [0.25, 0.3) is 0 Å². The monoisotopic (exact) mass is 326 g/mol. The van der Waals surface area contributed by atoms with E-state index in [0.29, 0.717) is 29.0 Å². The van der Waals surface area contributed by atoms with Crippen molar-refractivity contribution in [3.63, 3.8) is 0 Å². The van der Waals surface area contributed by atoms with Crippen LogP contribution in [0.2, 0.25) is 10.0 Å². The zero-order valence-electron chi connectivity index (χ0n) is 11.6. The molecule has 0 aliphatic carbocycles. The second-order valence-electron chi connectivity index (χ2n) is 4.30. The molecule has 0 N–H and O–H groups in total. The fourth-order valence-electron chi connectivity index (χ4n) is 1.71. The number of benzene rings is 2. The molecule has 0 aliphatic heterocycles. The van der Waals surface area contributed by atoms with Crippen LogP contribution in [0.5, 0.6) is 17.2 Å². The SMILES string of the molecule is COc1cccc(OCCCOc2cc(Cl)ccc2Cl)c1. The Labute approximate surface area is 134 Å². The number of halogens is 2. The van der Waals surface area contributed by atoms with Crippen LogP contribution in [0.3, 0.4) is 0 Å². The number of rotatable bonds is 7. The largest absolute Gasteiger partial charge is 0.497 e. The minimum Gasteiger partial charge on any atom is -0.497 e. The summed E-state index contributed by atoms with van der Waals surface area (Å²) in [7, 11) is 1.63. The molecule has 0 amide bonds. The van der Waals surface area contributed by atoms with Gasteiger partial charge in [-0.1, -0.05) is 29.3 Å². The van der Waals surface area contributed by atoms with Crippen molar-refractivity contribution < 1.29 is 14.2 Å². The average molecular weight is 327 g/mol. The van der Waals surface area contributed by atoms with Gasteiger partial charge in [0, 0.05) is 23.6 Å². The molecule has 21 heavy (non-hydrogen) atoms. The van der Waals surface area contributed by atoms with Gasteiger partial charge in [0.15, 0.2) is 0 Å². The number of ether oxygens (including phenoxy) is 3. The predicted molar refractivity (Wildman–Crippen MR) is 85.1 cm³/mol. The first kappa shape index (κ1) is 15.8. The maximum absolute atomic E-state index is 6.01. The van der Waals surface area contributed by atoms with Crippen LogP contribution in [-0.2, 0) is 0 Å². The molecule has 0 aliphatic rings. The molecule has 3 nitrogen and oxygen atoms in total. The van der Waals surface area contributed by atoms with Crippen molar-refractivity contribution in [1.29, 1.82) is 0 Å². The Hall–Kier alpha value is -1.58. The maximum atomic E-state index is 6.01. The van der Waals surface area contributed by atoms with Crippen LogP contribution < -0.4 is 14.2 Å². The van der Waals surface area contributed by atoms with Gasteiger partial charge in [0.05, 0.1) is 25.3 Å². The van der Waals surface area contributed by atoms with Crippen LogP contribution in [0.15, 0.2) is 42.5 Å². The molecule has 0 saturated heterocycles. The third-order valence-electron chi connectivity index (χ3n) is 2.75. The van der Waals surface area contributed by atoms with Gasteiger partial charge < -0.3 is 14.2 Å². The number of hydrogen-bond acceptors (Lipinski definition) is 3. The zero-order valence-corrected chi connectivity index (χ0v) is 13.2. The van der Waals surface area contributed by atoms with E-state index in [-0.39, 0.29) is 0 Å². The van der Waals surface area contributed by atoms with E-state index in [2.05, 4.69) is 0 Å². The lowest BCUT2D eigenvalue weighted by atomic mass is 10.3. The minimum atomic E-state index is 0.504. The molecule has 5 heteroatoms. The fraction of sp³-hybridized carbons (Fsp3) is 0.250. The Morgan fingerprint density at radius 3 is 2.48 bits per heavy atom. The molecule has 2 aromatic rings. The van der Waals surface area contributed by atoms with Gasteiger partial charge in [0.1, 0.15) is 17.2 Å². The van der Waals surface area contributed by atoms with Crippen molar-refractivity contribution in [1.82, 2.24) is 0 Å². The zero-order chi connectivity index (χ0) is 15.1. The molecule has 0 bridgehead atoms. The molecule has 2 rings (SSSR count). The van der Waals surface area contributed by atoms with E-state index < -0.39 is 0 Å². The van der Waals surface area contributed by atoms with Crippen molar-refractivity contribution in [2.75, 3.05) is 20.3 Å². The Morgan fingerprint density at radius 2 is 1.67 bits per heavy atom. The van der Waals surface area contributed by atoms with Gasteiger partial charge in [-0.05, 0) is 24.3 Å². The van der Waals surface area contributed by atoms with E-state index in [1.165, 1.54) is 0 Å². The second kappa shape index (κ2) is 8.01. The van der Waals surface area contributed by atoms with Crippen molar-refractivity contribution >= 4 is 23.2 Å². The molecule has 0 unspecified atom stereocenters.